The fourth-order valence-corrected chi connectivity index (χ4v) is 3.90. The molecule has 7 nitrogen and oxygen atoms in total. The highest BCUT2D eigenvalue weighted by molar-refractivity contribution is 5.76. The first-order valence-electron chi connectivity index (χ1n) is 9.89. The first-order valence-corrected chi connectivity index (χ1v) is 9.89. The average Bonchev–Trinajstić information content (AvgIpc) is 3.37. The van der Waals surface area contributed by atoms with Crippen LogP contribution in [-0.4, -0.2) is 59.3 Å². The van der Waals surface area contributed by atoms with E-state index in [1.54, 1.807) is 18.2 Å². The summed E-state index contributed by atoms with van der Waals surface area (Å²) in [5, 5.41) is 6.91. The molecular formula is C20H25FN4O3. The summed E-state index contributed by atoms with van der Waals surface area (Å²) in [5.74, 6) is 0.0484. The summed E-state index contributed by atoms with van der Waals surface area (Å²) in [5.41, 5.74) is 0.287. The van der Waals surface area contributed by atoms with E-state index in [0.29, 0.717) is 25.5 Å². The molecule has 2 fully saturated rings. The second-order valence-electron chi connectivity index (χ2n) is 7.37. The van der Waals surface area contributed by atoms with Crippen LogP contribution in [0, 0.1) is 5.82 Å². The predicted octanol–water partition coefficient (Wildman–Crippen LogP) is 2.18. The number of likely N-dealkylation sites (tertiary alicyclic amines) is 1. The first kappa shape index (κ1) is 19.0. The number of hydrogen-bond donors (Lipinski definition) is 1. The number of nitrogens with one attached hydrogen (secondary N) is 1. The Morgan fingerprint density at radius 3 is 2.86 bits per heavy atom. The van der Waals surface area contributed by atoms with E-state index in [1.807, 2.05) is 0 Å². The van der Waals surface area contributed by atoms with Gasteiger partial charge in [0.2, 0.25) is 17.6 Å². The molecule has 1 aromatic carbocycles. The first-order chi connectivity index (χ1) is 13.7. The van der Waals surface area contributed by atoms with Gasteiger partial charge in [-0.25, -0.2) is 4.39 Å². The summed E-state index contributed by atoms with van der Waals surface area (Å²) >= 11 is 0. The SMILES string of the molecule is O=C(CCc1nc(-c2ccccc2F)no1)N[C@H]1COC[C@@H]1N1CCCCC1. The van der Waals surface area contributed by atoms with Crippen LogP contribution in [0.2, 0.25) is 0 Å². The molecule has 8 heteroatoms. The van der Waals surface area contributed by atoms with Gasteiger partial charge in [-0.3, -0.25) is 9.69 Å². The summed E-state index contributed by atoms with van der Waals surface area (Å²) in [6, 6.07) is 6.53. The molecule has 2 saturated heterocycles. The van der Waals surface area contributed by atoms with Crippen LogP contribution >= 0.6 is 0 Å². The number of nitrogens with zero attached hydrogens (tertiary/aromatic N) is 3. The number of carbonyl (C=O) groups is 1. The second-order valence-corrected chi connectivity index (χ2v) is 7.37. The van der Waals surface area contributed by atoms with Crippen molar-refractivity contribution in [3.05, 3.63) is 36.0 Å². The van der Waals surface area contributed by atoms with Crippen LogP contribution < -0.4 is 5.32 Å². The Labute approximate surface area is 163 Å². The number of ether oxygens (including phenoxy) is 1. The van der Waals surface area contributed by atoms with Gasteiger partial charge in [-0.1, -0.05) is 23.7 Å². The molecule has 2 atom stereocenters. The Morgan fingerprint density at radius 2 is 2.04 bits per heavy atom. The van der Waals surface area contributed by atoms with E-state index in [-0.39, 0.29) is 35.8 Å². The van der Waals surface area contributed by atoms with E-state index in [9.17, 15) is 9.18 Å². The van der Waals surface area contributed by atoms with E-state index in [1.165, 1.54) is 25.3 Å². The molecule has 2 aromatic rings. The third-order valence-corrected chi connectivity index (χ3v) is 5.41. The van der Waals surface area contributed by atoms with Crippen LogP contribution in [-0.2, 0) is 16.0 Å². The van der Waals surface area contributed by atoms with Crippen molar-refractivity contribution in [2.45, 2.75) is 44.2 Å². The van der Waals surface area contributed by atoms with Crippen molar-refractivity contribution in [2.24, 2.45) is 0 Å². The highest BCUT2D eigenvalue weighted by Gasteiger charge is 2.34. The fourth-order valence-electron chi connectivity index (χ4n) is 3.90. The van der Waals surface area contributed by atoms with Crippen molar-refractivity contribution < 1.29 is 18.4 Å². The van der Waals surface area contributed by atoms with Crippen molar-refractivity contribution >= 4 is 5.91 Å². The molecule has 3 heterocycles. The average molecular weight is 388 g/mol. The van der Waals surface area contributed by atoms with Crippen LogP contribution in [0.15, 0.2) is 28.8 Å². The second kappa shape index (κ2) is 8.79. The third kappa shape index (κ3) is 4.39. The molecule has 0 spiro atoms. The Balaban J connectivity index is 1.29. The lowest BCUT2D eigenvalue weighted by molar-refractivity contribution is -0.122. The quantitative estimate of drug-likeness (QED) is 0.817. The zero-order valence-corrected chi connectivity index (χ0v) is 15.8. The molecule has 1 amide bonds. The number of piperidine rings is 1. The highest BCUT2D eigenvalue weighted by Crippen LogP contribution is 2.20. The van der Waals surface area contributed by atoms with Crippen molar-refractivity contribution in [3.8, 4) is 11.4 Å². The number of aryl methyl sites for hydroxylation is 1. The summed E-state index contributed by atoms with van der Waals surface area (Å²) in [7, 11) is 0. The molecule has 0 saturated carbocycles. The zero-order valence-electron chi connectivity index (χ0n) is 15.8. The van der Waals surface area contributed by atoms with Crippen molar-refractivity contribution in [1.82, 2.24) is 20.4 Å². The van der Waals surface area contributed by atoms with E-state index < -0.39 is 5.82 Å². The van der Waals surface area contributed by atoms with E-state index in [0.717, 1.165) is 13.1 Å². The minimum absolute atomic E-state index is 0.0160. The molecule has 1 aromatic heterocycles. The molecule has 0 bridgehead atoms. The monoisotopic (exact) mass is 388 g/mol. The van der Waals surface area contributed by atoms with Crippen molar-refractivity contribution in [1.29, 1.82) is 0 Å². The third-order valence-electron chi connectivity index (χ3n) is 5.41. The van der Waals surface area contributed by atoms with E-state index >= 15 is 0 Å². The molecule has 1 N–H and O–H groups in total. The van der Waals surface area contributed by atoms with Gasteiger partial charge in [-0.2, -0.15) is 4.98 Å². The van der Waals surface area contributed by atoms with Gasteiger partial charge in [0.1, 0.15) is 5.82 Å². The largest absolute Gasteiger partial charge is 0.378 e. The number of hydrogen-bond acceptors (Lipinski definition) is 6. The minimum atomic E-state index is -0.405. The van der Waals surface area contributed by atoms with Gasteiger partial charge in [0.05, 0.1) is 30.9 Å². The van der Waals surface area contributed by atoms with Gasteiger partial charge in [-0.15, -0.1) is 0 Å². The molecule has 0 radical (unpaired) electrons. The Kier molecular flexibility index (Phi) is 5.97. The number of aromatic nitrogens is 2. The van der Waals surface area contributed by atoms with Gasteiger partial charge in [0, 0.05) is 12.8 Å². The Morgan fingerprint density at radius 1 is 1.21 bits per heavy atom. The van der Waals surface area contributed by atoms with Gasteiger partial charge >= 0.3 is 0 Å². The smallest absolute Gasteiger partial charge is 0.227 e. The summed E-state index contributed by atoms with van der Waals surface area (Å²) in [6.45, 7) is 3.36. The molecule has 150 valence electrons. The van der Waals surface area contributed by atoms with Crippen LogP contribution in [0.3, 0.4) is 0 Å². The molecule has 0 aliphatic carbocycles. The standard InChI is InChI=1S/C20H25FN4O3/c21-15-7-3-2-6-14(15)20-23-19(28-24-20)9-8-18(26)22-16-12-27-13-17(16)25-10-4-1-5-11-25/h2-3,6-7,16-17H,1,4-5,8-13H2,(H,22,26)/t16-,17-/m0/s1. The molecule has 0 unspecified atom stereocenters. The lowest BCUT2D eigenvalue weighted by Crippen LogP contribution is -2.52. The molecule has 28 heavy (non-hydrogen) atoms. The normalized spacial score (nSPS) is 23.0. The van der Waals surface area contributed by atoms with Gasteiger partial charge in [0.25, 0.3) is 0 Å². The van der Waals surface area contributed by atoms with Crippen molar-refractivity contribution in [2.75, 3.05) is 26.3 Å². The maximum Gasteiger partial charge on any atom is 0.227 e. The molecule has 2 aliphatic heterocycles. The van der Waals surface area contributed by atoms with E-state index in [4.69, 9.17) is 9.26 Å². The zero-order chi connectivity index (χ0) is 19.3. The minimum Gasteiger partial charge on any atom is -0.378 e. The number of benzene rings is 1. The molecular weight excluding hydrogens is 363 g/mol. The van der Waals surface area contributed by atoms with Crippen LogP contribution in [0.5, 0.6) is 0 Å². The Bertz CT molecular complexity index is 806. The van der Waals surface area contributed by atoms with Crippen LogP contribution in [0.25, 0.3) is 11.4 Å². The molecule has 4 rings (SSSR count). The van der Waals surface area contributed by atoms with Gasteiger partial charge in [0.15, 0.2) is 0 Å². The fraction of sp³-hybridized carbons (Fsp3) is 0.550. The Hall–Kier alpha value is -2.32. The van der Waals surface area contributed by atoms with Crippen molar-refractivity contribution in [3.63, 3.8) is 0 Å². The van der Waals surface area contributed by atoms with Gasteiger partial charge in [-0.05, 0) is 38.1 Å². The topological polar surface area (TPSA) is 80.5 Å². The van der Waals surface area contributed by atoms with Crippen LogP contribution in [0.1, 0.15) is 31.6 Å². The maximum atomic E-state index is 13.8. The van der Waals surface area contributed by atoms with E-state index in [2.05, 4.69) is 20.4 Å². The number of carbonyl (C=O) groups excluding carboxylic acids is 1. The molecule has 2 aliphatic rings. The number of halogens is 1. The lowest BCUT2D eigenvalue weighted by Gasteiger charge is -2.34. The number of rotatable bonds is 6. The highest BCUT2D eigenvalue weighted by atomic mass is 19.1. The predicted molar refractivity (Wildman–Crippen MR) is 100.0 cm³/mol. The summed E-state index contributed by atoms with van der Waals surface area (Å²) < 4.78 is 24.6. The van der Waals surface area contributed by atoms with Gasteiger partial charge < -0.3 is 14.6 Å². The maximum absolute atomic E-state index is 13.8. The lowest BCUT2D eigenvalue weighted by atomic mass is 10.0. The van der Waals surface area contributed by atoms with Crippen LogP contribution in [0.4, 0.5) is 4.39 Å². The summed E-state index contributed by atoms with van der Waals surface area (Å²) in [4.78, 5) is 19.0. The number of amides is 1. The summed E-state index contributed by atoms with van der Waals surface area (Å²) in [6.07, 6.45) is 4.24.